The van der Waals surface area contributed by atoms with Crippen LogP contribution in [0.25, 0.3) is 0 Å². The van der Waals surface area contributed by atoms with Crippen LogP contribution in [-0.2, 0) is 4.79 Å². The fraction of sp³-hybridized carbons (Fsp3) is 0.588. The molecule has 4 heteroatoms. The summed E-state index contributed by atoms with van der Waals surface area (Å²) in [4.78, 5) is 17.3. The number of amides is 1. The van der Waals surface area contributed by atoms with Crippen LogP contribution in [0.5, 0.6) is 0 Å². The van der Waals surface area contributed by atoms with Crippen LogP contribution in [0.3, 0.4) is 0 Å². The van der Waals surface area contributed by atoms with E-state index in [2.05, 4.69) is 39.4 Å². The number of nitrogens with one attached hydrogen (secondary N) is 1. The van der Waals surface area contributed by atoms with E-state index in [9.17, 15) is 4.79 Å². The molecular formula is C17H23N3O. The normalized spacial score (nSPS) is 28.1. The Morgan fingerprint density at radius 2 is 2.14 bits per heavy atom. The Kier molecular flexibility index (Phi) is 3.34. The van der Waals surface area contributed by atoms with E-state index in [4.69, 9.17) is 0 Å². The maximum atomic E-state index is 12.6. The number of hydrogen-bond acceptors (Lipinski definition) is 3. The fourth-order valence-electron chi connectivity index (χ4n) is 4.10. The van der Waals surface area contributed by atoms with Gasteiger partial charge in [0, 0.05) is 50.2 Å². The van der Waals surface area contributed by atoms with E-state index < -0.39 is 0 Å². The summed E-state index contributed by atoms with van der Waals surface area (Å²) in [7, 11) is 0. The number of carbonyl (C=O) groups excluding carboxylic acids is 1. The van der Waals surface area contributed by atoms with Gasteiger partial charge in [-0.1, -0.05) is 18.2 Å². The topological polar surface area (TPSA) is 35.6 Å². The smallest absolute Gasteiger partial charge is 0.223 e. The zero-order chi connectivity index (χ0) is 14.2. The first kappa shape index (κ1) is 13.1. The summed E-state index contributed by atoms with van der Waals surface area (Å²) in [6.45, 7) is 5.05. The molecule has 2 saturated heterocycles. The van der Waals surface area contributed by atoms with E-state index in [1.54, 1.807) is 0 Å². The first-order chi connectivity index (χ1) is 10.3. The van der Waals surface area contributed by atoms with E-state index in [1.807, 2.05) is 0 Å². The number of fused-ring (bicyclic) bond motifs is 2. The molecule has 1 aromatic carbocycles. The molecule has 0 radical (unpaired) electrons. The average molecular weight is 285 g/mol. The van der Waals surface area contributed by atoms with Gasteiger partial charge in [0.15, 0.2) is 0 Å². The van der Waals surface area contributed by atoms with Crippen molar-refractivity contribution in [3.05, 3.63) is 29.8 Å². The van der Waals surface area contributed by atoms with Crippen molar-refractivity contribution in [2.45, 2.75) is 31.2 Å². The van der Waals surface area contributed by atoms with Gasteiger partial charge >= 0.3 is 0 Å². The van der Waals surface area contributed by atoms with E-state index in [1.165, 1.54) is 30.6 Å². The summed E-state index contributed by atoms with van der Waals surface area (Å²) in [5.41, 5.74) is 2.52. The second kappa shape index (κ2) is 5.34. The van der Waals surface area contributed by atoms with Crippen molar-refractivity contribution in [3.63, 3.8) is 0 Å². The van der Waals surface area contributed by atoms with Crippen LogP contribution >= 0.6 is 0 Å². The standard InChI is InChI=1S/C17H23N3O/c21-17(20-9-8-19-7-3-4-14(19)12-20)10-13-11-18-16-6-2-1-5-15(13)16/h1-2,5-6,13-14,18H,3-4,7-12H2. The molecule has 0 saturated carbocycles. The molecule has 1 amide bonds. The zero-order valence-electron chi connectivity index (χ0n) is 12.4. The SMILES string of the molecule is O=C(CC1CNc2ccccc21)N1CCN2CCCC2C1. The van der Waals surface area contributed by atoms with Gasteiger partial charge in [0.1, 0.15) is 0 Å². The summed E-state index contributed by atoms with van der Waals surface area (Å²) in [6.07, 6.45) is 3.21. The fourth-order valence-corrected chi connectivity index (χ4v) is 4.10. The van der Waals surface area contributed by atoms with E-state index in [0.717, 1.165) is 26.2 Å². The van der Waals surface area contributed by atoms with Gasteiger partial charge in [-0.15, -0.1) is 0 Å². The molecule has 1 aromatic rings. The van der Waals surface area contributed by atoms with Crippen LogP contribution in [0, 0.1) is 0 Å². The number of hydrogen-bond donors (Lipinski definition) is 1. The van der Waals surface area contributed by atoms with Gasteiger partial charge in [-0.3, -0.25) is 9.69 Å². The highest BCUT2D eigenvalue weighted by atomic mass is 16.2. The average Bonchev–Trinajstić information content (AvgIpc) is 3.13. The van der Waals surface area contributed by atoms with Crippen molar-refractivity contribution >= 4 is 11.6 Å². The van der Waals surface area contributed by atoms with Gasteiger partial charge < -0.3 is 10.2 Å². The van der Waals surface area contributed by atoms with Gasteiger partial charge in [-0.2, -0.15) is 0 Å². The van der Waals surface area contributed by atoms with Gasteiger partial charge in [-0.25, -0.2) is 0 Å². The van der Waals surface area contributed by atoms with E-state index in [-0.39, 0.29) is 0 Å². The molecule has 2 atom stereocenters. The lowest BCUT2D eigenvalue weighted by Gasteiger charge is -2.37. The minimum atomic E-state index is 0.338. The highest BCUT2D eigenvalue weighted by Gasteiger charge is 2.33. The maximum absolute atomic E-state index is 12.6. The minimum Gasteiger partial charge on any atom is -0.384 e. The number of nitrogens with zero attached hydrogens (tertiary/aromatic N) is 2. The van der Waals surface area contributed by atoms with E-state index in [0.29, 0.717) is 24.3 Å². The molecule has 0 spiro atoms. The molecule has 3 aliphatic rings. The first-order valence-electron chi connectivity index (χ1n) is 8.16. The number of anilines is 1. The molecule has 4 rings (SSSR count). The minimum absolute atomic E-state index is 0.338. The number of rotatable bonds is 2. The Balaban J connectivity index is 1.40. The van der Waals surface area contributed by atoms with Crippen molar-refractivity contribution in [1.29, 1.82) is 0 Å². The van der Waals surface area contributed by atoms with Crippen molar-refractivity contribution in [2.75, 3.05) is 38.0 Å². The second-order valence-corrected chi connectivity index (χ2v) is 6.54. The van der Waals surface area contributed by atoms with Gasteiger partial charge in [0.2, 0.25) is 5.91 Å². The maximum Gasteiger partial charge on any atom is 0.223 e. The van der Waals surface area contributed by atoms with Gasteiger partial charge in [0.05, 0.1) is 0 Å². The molecule has 0 aliphatic carbocycles. The number of para-hydroxylation sites is 1. The predicted octanol–water partition coefficient (Wildman–Crippen LogP) is 1.89. The van der Waals surface area contributed by atoms with Gasteiger partial charge in [-0.05, 0) is 31.0 Å². The Morgan fingerprint density at radius 1 is 1.24 bits per heavy atom. The largest absolute Gasteiger partial charge is 0.384 e. The monoisotopic (exact) mass is 285 g/mol. The summed E-state index contributed by atoms with van der Waals surface area (Å²) < 4.78 is 0. The van der Waals surface area contributed by atoms with Gasteiger partial charge in [0.25, 0.3) is 0 Å². The number of benzene rings is 1. The second-order valence-electron chi connectivity index (χ2n) is 6.54. The summed E-state index contributed by atoms with van der Waals surface area (Å²) >= 11 is 0. The molecule has 21 heavy (non-hydrogen) atoms. The Bertz CT molecular complexity index is 545. The molecule has 4 nitrogen and oxygen atoms in total. The quantitative estimate of drug-likeness (QED) is 0.901. The van der Waals surface area contributed by atoms with Crippen molar-refractivity contribution < 1.29 is 4.79 Å². The van der Waals surface area contributed by atoms with Crippen LogP contribution in [0.4, 0.5) is 5.69 Å². The van der Waals surface area contributed by atoms with E-state index >= 15 is 0 Å². The lowest BCUT2D eigenvalue weighted by atomic mass is 9.97. The van der Waals surface area contributed by atoms with Crippen LogP contribution in [0.15, 0.2) is 24.3 Å². The predicted molar refractivity (Wildman–Crippen MR) is 83.5 cm³/mol. The Morgan fingerprint density at radius 3 is 3.10 bits per heavy atom. The third kappa shape index (κ3) is 2.42. The van der Waals surface area contributed by atoms with Crippen LogP contribution < -0.4 is 5.32 Å². The van der Waals surface area contributed by atoms with Crippen molar-refractivity contribution in [1.82, 2.24) is 9.80 Å². The Labute approximate surface area is 126 Å². The molecule has 3 heterocycles. The molecule has 2 unspecified atom stereocenters. The molecule has 0 bridgehead atoms. The van der Waals surface area contributed by atoms with Crippen LogP contribution in [-0.4, -0.2) is 54.5 Å². The lowest BCUT2D eigenvalue weighted by Crippen LogP contribution is -2.52. The molecular weight excluding hydrogens is 262 g/mol. The summed E-state index contributed by atoms with van der Waals surface area (Å²) in [6, 6.07) is 9.01. The third-order valence-corrected chi connectivity index (χ3v) is 5.30. The summed E-state index contributed by atoms with van der Waals surface area (Å²) in [5.74, 6) is 0.681. The molecule has 112 valence electrons. The Hall–Kier alpha value is -1.55. The zero-order valence-corrected chi connectivity index (χ0v) is 12.4. The molecule has 3 aliphatic heterocycles. The van der Waals surface area contributed by atoms with Crippen LogP contribution in [0.2, 0.25) is 0 Å². The number of carbonyl (C=O) groups is 1. The summed E-state index contributed by atoms with van der Waals surface area (Å²) in [5, 5.41) is 3.42. The highest BCUT2D eigenvalue weighted by Crippen LogP contribution is 2.34. The highest BCUT2D eigenvalue weighted by molar-refractivity contribution is 5.78. The number of piperazine rings is 1. The van der Waals surface area contributed by atoms with Crippen molar-refractivity contribution in [2.24, 2.45) is 0 Å². The lowest BCUT2D eigenvalue weighted by molar-refractivity contribution is -0.134. The third-order valence-electron chi connectivity index (χ3n) is 5.30. The molecule has 2 fully saturated rings. The van der Waals surface area contributed by atoms with Crippen LogP contribution in [0.1, 0.15) is 30.7 Å². The first-order valence-corrected chi connectivity index (χ1v) is 8.16. The molecule has 0 aromatic heterocycles. The molecule has 1 N–H and O–H groups in total. The van der Waals surface area contributed by atoms with Crippen molar-refractivity contribution in [3.8, 4) is 0 Å².